The van der Waals surface area contributed by atoms with Gasteiger partial charge in [0.05, 0.1) is 11.5 Å². The van der Waals surface area contributed by atoms with Crippen molar-refractivity contribution in [2.45, 2.75) is 4.90 Å². The Kier molecular flexibility index (Phi) is 3.76. The predicted molar refractivity (Wildman–Crippen MR) is 58.6 cm³/mol. The molecular weight excluding hydrogens is 250 g/mol. The average molecular weight is 259 g/mol. The molecule has 0 spiro atoms. The fraction of sp³-hybridized carbons (Fsp3) is 0.125. The number of hydrogen-bond donors (Lipinski definition) is 1. The molecule has 0 bridgehead atoms. The van der Waals surface area contributed by atoms with Gasteiger partial charge in [0.15, 0.2) is 4.90 Å². The second kappa shape index (κ2) is 4.89. The van der Waals surface area contributed by atoms with E-state index in [1.165, 1.54) is 6.08 Å². The van der Waals surface area contributed by atoms with Crippen LogP contribution in [0.5, 0.6) is 0 Å². The van der Waals surface area contributed by atoms with Gasteiger partial charge in [0.25, 0.3) is 0 Å². The molecule has 2 N–H and O–H groups in total. The minimum absolute atomic E-state index is 0.290. The molecule has 1 aromatic heterocycles. The first-order valence-electron chi connectivity index (χ1n) is 4.29. The normalized spacial score (nSPS) is 11.1. The molecule has 0 aromatic carbocycles. The minimum Gasteiger partial charge on any atom is -0.378 e. The van der Waals surface area contributed by atoms with E-state index in [-0.39, 0.29) is 6.61 Å². The molecule has 1 aromatic rings. The van der Waals surface area contributed by atoms with Gasteiger partial charge in [-0.1, -0.05) is 6.08 Å². The lowest BCUT2D eigenvalue weighted by Crippen LogP contribution is -2.11. The SMILES string of the molecule is C=CCOS(=O)(=O)c1ccnc(N)c1[N+](=O)[O-]. The van der Waals surface area contributed by atoms with Crippen LogP contribution in [0, 0.1) is 10.1 Å². The molecule has 0 amide bonds. The zero-order valence-corrected chi connectivity index (χ0v) is 9.38. The monoisotopic (exact) mass is 259 g/mol. The molecule has 0 saturated heterocycles. The van der Waals surface area contributed by atoms with E-state index in [0.717, 1.165) is 12.3 Å². The largest absolute Gasteiger partial charge is 0.378 e. The summed E-state index contributed by atoms with van der Waals surface area (Å²) >= 11 is 0. The summed E-state index contributed by atoms with van der Waals surface area (Å²) in [6.07, 6.45) is 2.25. The van der Waals surface area contributed by atoms with Crippen molar-refractivity contribution in [3.63, 3.8) is 0 Å². The maximum atomic E-state index is 11.6. The summed E-state index contributed by atoms with van der Waals surface area (Å²) < 4.78 is 27.7. The average Bonchev–Trinajstić information content (AvgIpc) is 2.25. The van der Waals surface area contributed by atoms with Crippen molar-refractivity contribution in [3.05, 3.63) is 35.0 Å². The minimum atomic E-state index is -4.25. The van der Waals surface area contributed by atoms with Crippen molar-refractivity contribution >= 4 is 21.6 Å². The van der Waals surface area contributed by atoms with Gasteiger partial charge in [0.1, 0.15) is 0 Å². The maximum Gasteiger partial charge on any atom is 0.332 e. The zero-order chi connectivity index (χ0) is 13.1. The van der Waals surface area contributed by atoms with Crippen molar-refractivity contribution in [1.82, 2.24) is 4.98 Å². The fourth-order valence-corrected chi connectivity index (χ4v) is 2.08. The number of rotatable bonds is 5. The molecule has 0 radical (unpaired) electrons. The van der Waals surface area contributed by atoms with Gasteiger partial charge in [-0.25, -0.2) is 4.98 Å². The first kappa shape index (κ1) is 13.1. The fourth-order valence-electron chi connectivity index (χ4n) is 1.04. The Balaban J connectivity index is 3.36. The summed E-state index contributed by atoms with van der Waals surface area (Å²) in [5.74, 6) is -0.488. The van der Waals surface area contributed by atoms with Crippen LogP contribution in [0.3, 0.4) is 0 Å². The highest BCUT2D eigenvalue weighted by Gasteiger charge is 2.29. The third-order valence-electron chi connectivity index (χ3n) is 1.71. The number of nitrogens with zero attached hydrogens (tertiary/aromatic N) is 2. The van der Waals surface area contributed by atoms with E-state index in [0.29, 0.717) is 0 Å². The Labute approximate surface area is 97.0 Å². The van der Waals surface area contributed by atoms with Gasteiger partial charge in [0, 0.05) is 6.20 Å². The third kappa shape index (κ3) is 2.77. The van der Waals surface area contributed by atoms with Crippen LogP contribution in [0.1, 0.15) is 0 Å². The quantitative estimate of drug-likeness (QED) is 0.352. The van der Waals surface area contributed by atoms with E-state index < -0.39 is 31.4 Å². The molecule has 92 valence electrons. The lowest BCUT2D eigenvalue weighted by Gasteiger charge is -2.05. The van der Waals surface area contributed by atoms with Crippen molar-refractivity contribution in [2.75, 3.05) is 12.3 Å². The molecular formula is C8H9N3O5S. The van der Waals surface area contributed by atoms with Gasteiger partial charge in [-0.3, -0.25) is 14.3 Å². The molecule has 0 atom stereocenters. The highest BCUT2D eigenvalue weighted by atomic mass is 32.2. The molecule has 9 heteroatoms. The van der Waals surface area contributed by atoms with E-state index in [9.17, 15) is 18.5 Å². The number of nitrogen functional groups attached to an aromatic ring is 1. The van der Waals surface area contributed by atoms with Crippen LogP contribution in [-0.2, 0) is 14.3 Å². The van der Waals surface area contributed by atoms with Crippen LogP contribution in [0.2, 0.25) is 0 Å². The molecule has 0 fully saturated rings. The maximum absolute atomic E-state index is 11.6. The summed E-state index contributed by atoms with van der Waals surface area (Å²) in [5, 5.41) is 10.7. The zero-order valence-electron chi connectivity index (χ0n) is 8.57. The van der Waals surface area contributed by atoms with Gasteiger partial charge in [-0.05, 0) is 6.07 Å². The van der Waals surface area contributed by atoms with Gasteiger partial charge in [-0.15, -0.1) is 6.58 Å². The van der Waals surface area contributed by atoms with Gasteiger partial charge in [-0.2, -0.15) is 8.42 Å². The lowest BCUT2D eigenvalue weighted by molar-refractivity contribution is -0.387. The third-order valence-corrected chi connectivity index (χ3v) is 3.02. The Morgan fingerprint density at radius 1 is 1.65 bits per heavy atom. The summed E-state index contributed by atoms with van der Waals surface area (Å²) in [6, 6.07) is 0.951. The van der Waals surface area contributed by atoms with Crippen LogP contribution in [0.4, 0.5) is 11.5 Å². The molecule has 0 aliphatic carbocycles. The first-order valence-corrected chi connectivity index (χ1v) is 5.70. The van der Waals surface area contributed by atoms with Crippen LogP contribution < -0.4 is 5.73 Å². The number of nitro groups is 1. The van der Waals surface area contributed by atoms with E-state index in [1.54, 1.807) is 0 Å². The highest BCUT2D eigenvalue weighted by molar-refractivity contribution is 7.87. The van der Waals surface area contributed by atoms with Crippen LogP contribution >= 0.6 is 0 Å². The van der Waals surface area contributed by atoms with E-state index in [1.807, 2.05) is 0 Å². The van der Waals surface area contributed by atoms with E-state index in [4.69, 9.17) is 5.73 Å². The molecule has 1 rings (SSSR count). The number of anilines is 1. The molecule has 0 saturated carbocycles. The Morgan fingerprint density at radius 2 is 2.29 bits per heavy atom. The Morgan fingerprint density at radius 3 is 2.82 bits per heavy atom. The van der Waals surface area contributed by atoms with Crippen LogP contribution in [-0.4, -0.2) is 24.9 Å². The smallest absolute Gasteiger partial charge is 0.332 e. The molecule has 1 heterocycles. The van der Waals surface area contributed by atoms with Crippen molar-refractivity contribution in [2.24, 2.45) is 0 Å². The summed E-state index contributed by atoms with van der Waals surface area (Å²) in [5.41, 5.74) is 4.46. The number of pyridine rings is 1. The second-order valence-corrected chi connectivity index (χ2v) is 4.41. The van der Waals surface area contributed by atoms with Crippen molar-refractivity contribution in [1.29, 1.82) is 0 Å². The predicted octanol–water partition coefficient (Wildman–Crippen LogP) is 0.463. The molecule has 8 nitrogen and oxygen atoms in total. The molecule has 0 aliphatic rings. The number of nitrogens with two attached hydrogens (primary N) is 1. The van der Waals surface area contributed by atoms with Crippen LogP contribution in [0.15, 0.2) is 29.8 Å². The van der Waals surface area contributed by atoms with Gasteiger partial charge >= 0.3 is 15.8 Å². The van der Waals surface area contributed by atoms with Crippen molar-refractivity contribution < 1.29 is 17.5 Å². The number of aromatic nitrogens is 1. The molecule has 0 aliphatic heterocycles. The van der Waals surface area contributed by atoms with Gasteiger partial charge < -0.3 is 5.73 Å². The Bertz CT molecular complexity index is 554. The van der Waals surface area contributed by atoms with Gasteiger partial charge in [0.2, 0.25) is 5.82 Å². The highest BCUT2D eigenvalue weighted by Crippen LogP contribution is 2.28. The topological polar surface area (TPSA) is 125 Å². The molecule has 17 heavy (non-hydrogen) atoms. The summed E-state index contributed by atoms with van der Waals surface area (Å²) in [7, 11) is -4.25. The summed E-state index contributed by atoms with van der Waals surface area (Å²) in [6.45, 7) is 2.98. The van der Waals surface area contributed by atoms with Crippen molar-refractivity contribution in [3.8, 4) is 0 Å². The number of hydrogen-bond acceptors (Lipinski definition) is 7. The molecule has 0 unspecified atom stereocenters. The summed E-state index contributed by atoms with van der Waals surface area (Å²) in [4.78, 5) is 12.6. The van der Waals surface area contributed by atoms with Crippen LogP contribution in [0.25, 0.3) is 0 Å². The Hall–Kier alpha value is -2.00. The second-order valence-electron chi connectivity index (χ2n) is 2.83. The van der Waals surface area contributed by atoms with E-state index >= 15 is 0 Å². The van der Waals surface area contributed by atoms with E-state index in [2.05, 4.69) is 15.7 Å². The standard InChI is InChI=1S/C8H9N3O5S/c1-2-5-16-17(14,15)6-3-4-10-8(9)7(6)11(12)13/h2-4H,1,5H2,(H2,9,10). The first-order chi connectivity index (χ1) is 7.90. The lowest BCUT2D eigenvalue weighted by atomic mass is 10.4.